The monoisotopic (exact) mass is 251 g/mol. The molecule has 0 radical (unpaired) electrons. The van der Waals surface area contributed by atoms with Gasteiger partial charge in [-0.3, -0.25) is 4.79 Å². The number of hydrogen-bond acceptors (Lipinski definition) is 4. The minimum atomic E-state index is -0.697. The molecule has 1 amide bonds. The molecule has 1 unspecified atom stereocenters. The zero-order valence-electron chi connectivity index (χ0n) is 10.7. The first-order valence-corrected chi connectivity index (χ1v) is 5.70. The number of hydrogen-bond donors (Lipinski definition) is 1. The lowest BCUT2D eigenvalue weighted by atomic mass is 10.1. The zero-order valence-corrected chi connectivity index (χ0v) is 10.7. The lowest BCUT2D eigenvalue weighted by molar-refractivity contribution is -0.142. The number of benzene rings is 1. The number of methoxy groups -OCH3 is 1. The molecule has 98 valence electrons. The minimum Gasteiger partial charge on any atom is -0.493 e. The third-order valence-electron chi connectivity index (χ3n) is 2.33. The van der Waals surface area contributed by atoms with Crippen molar-refractivity contribution < 1.29 is 19.1 Å². The Balaban J connectivity index is 2.81. The molecule has 0 aliphatic rings. The number of para-hydroxylation sites is 1. The Morgan fingerprint density at radius 2 is 2.00 bits per heavy atom. The second kappa shape index (κ2) is 6.64. The normalized spacial score (nSPS) is 11.5. The molecule has 0 heterocycles. The van der Waals surface area contributed by atoms with Gasteiger partial charge in [-0.05, 0) is 26.0 Å². The van der Waals surface area contributed by atoms with E-state index in [0.29, 0.717) is 17.9 Å². The van der Waals surface area contributed by atoms with Gasteiger partial charge in [0.05, 0.1) is 19.3 Å². The molecule has 1 rings (SSSR count). The van der Waals surface area contributed by atoms with Crippen molar-refractivity contribution in [3.05, 3.63) is 29.8 Å². The summed E-state index contributed by atoms with van der Waals surface area (Å²) in [6.45, 7) is 3.87. The Morgan fingerprint density at radius 1 is 1.33 bits per heavy atom. The molecular weight excluding hydrogens is 234 g/mol. The van der Waals surface area contributed by atoms with E-state index in [1.807, 2.05) is 6.92 Å². The lowest BCUT2D eigenvalue weighted by Crippen LogP contribution is -2.39. The van der Waals surface area contributed by atoms with Crippen LogP contribution in [-0.2, 0) is 9.53 Å². The topological polar surface area (TPSA) is 64.6 Å². The molecule has 0 aliphatic heterocycles. The first kappa shape index (κ1) is 14.0. The number of rotatable bonds is 5. The van der Waals surface area contributed by atoms with Crippen LogP contribution in [-0.4, -0.2) is 31.6 Å². The van der Waals surface area contributed by atoms with Crippen LogP contribution in [0.5, 0.6) is 5.75 Å². The molecule has 0 saturated heterocycles. The number of ether oxygens (including phenoxy) is 2. The molecule has 0 aliphatic carbocycles. The highest BCUT2D eigenvalue weighted by atomic mass is 16.5. The van der Waals surface area contributed by atoms with Crippen LogP contribution >= 0.6 is 0 Å². The summed E-state index contributed by atoms with van der Waals surface area (Å²) in [5, 5.41) is 2.55. The molecule has 1 N–H and O–H groups in total. The number of carbonyl (C=O) groups is 2. The van der Waals surface area contributed by atoms with E-state index < -0.39 is 12.0 Å². The highest BCUT2D eigenvalue weighted by molar-refractivity contribution is 5.98. The van der Waals surface area contributed by atoms with Crippen LogP contribution in [0, 0.1) is 0 Å². The fourth-order valence-electron chi connectivity index (χ4n) is 1.45. The lowest BCUT2D eigenvalue weighted by Gasteiger charge is -2.13. The van der Waals surface area contributed by atoms with Crippen molar-refractivity contribution >= 4 is 11.9 Å². The van der Waals surface area contributed by atoms with Gasteiger partial charge in [-0.2, -0.15) is 0 Å². The average molecular weight is 251 g/mol. The smallest absolute Gasteiger partial charge is 0.328 e. The second-order valence-corrected chi connectivity index (χ2v) is 3.65. The summed E-state index contributed by atoms with van der Waals surface area (Å²) in [4.78, 5) is 23.2. The largest absolute Gasteiger partial charge is 0.493 e. The summed E-state index contributed by atoms with van der Waals surface area (Å²) in [6, 6.07) is 6.18. The maximum absolute atomic E-state index is 12.0. The number of amides is 1. The summed E-state index contributed by atoms with van der Waals surface area (Å²) < 4.78 is 9.89. The van der Waals surface area contributed by atoms with Gasteiger partial charge >= 0.3 is 5.97 Å². The second-order valence-electron chi connectivity index (χ2n) is 3.65. The van der Waals surface area contributed by atoms with Gasteiger partial charge in [-0.15, -0.1) is 0 Å². The van der Waals surface area contributed by atoms with E-state index in [1.54, 1.807) is 31.2 Å². The summed E-state index contributed by atoms with van der Waals surface area (Å²) in [6.07, 6.45) is 0. The van der Waals surface area contributed by atoms with Gasteiger partial charge in [0.2, 0.25) is 0 Å². The molecule has 5 nitrogen and oxygen atoms in total. The van der Waals surface area contributed by atoms with Gasteiger partial charge in [0.15, 0.2) is 0 Å². The van der Waals surface area contributed by atoms with Crippen molar-refractivity contribution in [2.75, 3.05) is 13.7 Å². The van der Waals surface area contributed by atoms with Crippen LogP contribution in [0.25, 0.3) is 0 Å². The predicted octanol–water partition coefficient (Wildman–Crippen LogP) is 1.38. The number of carbonyl (C=O) groups excluding carboxylic acids is 2. The number of esters is 1. The summed E-state index contributed by atoms with van der Waals surface area (Å²) in [5.41, 5.74) is 0.398. The first-order chi connectivity index (χ1) is 8.60. The highest BCUT2D eigenvalue weighted by Gasteiger charge is 2.19. The minimum absolute atomic E-state index is 0.364. The Bertz CT molecular complexity index is 431. The molecule has 0 saturated carbocycles. The van der Waals surface area contributed by atoms with Gasteiger partial charge in [0.25, 0.3) is 5.91 Å². The van der Waals surface area contributed by atoms with Crippen LogP contribution in [0.2, 0.25) is 0 Å². The highest BCUT2D eigenvalue weighted by Crippen LogP contribution is 2.17. The van der Waals surface area contributed by atoms with Gasteiger partial charge in [0.1, 0.15) is 11.8 Å². The predicted molar refractivity (Wildman–Crippen MR) is 66.6 cm³/mol. The van der Waals surface area contributed by atoms with Crippen molar-refractivity contribution in [1.29, 1.82) is 0 Å². The quantitative estimate of drug-likeness (QED) is 0.803. The van der Waals surface area contributed by atoms with E-state index in [4.69, 9.17) is 4.74 Å². The standard InChI is InChI=1S/C13H17NO4/c1-4-18-11-8-6-5-7-10(11)12(15)14-9(2)13(16)17-3/h5-9H,4H2,1-3H3,(H,14,15). The Hall–Kier alpha value is -2.04. The zero-order chi connectivity index (χ0) is 13.5. The van der Waals surface area contributed by atoms with Crippen molar-refractivity contribution in [3.63, 3.8) is 0 Å². The Morgan fingerprint density at radius 3 is 2.61 bits per heavy atom. The van der Waals surface area contributed by atoms with Gasteiger partial charge in [-0.25, -0.2) is 4.79 Å². The van der Waals surface area contributed by atoms with Crippen molar-refractivity contribution in [2.45, 2.75) is 19.9 Å². The maximum Gasteiger partial charge on any atom is 0.328 e. The van der Waals surface area contributed by atoms with E-state index in [9.17, 15) is 9.59 Å². The summed E-state index contributed by atoms with van der Waals surface area (Å²) >= 11 is 0. The Labute approximate surface area is 106 Å². The molecule has 18 heavy (non-hydrogen) atoms. The van der Waals surface area contributed by atoms with Crippen LogP contribution in [0.1, 0.15) is 24.2 Å². The molecular formula is C13H17NO4. The van der Waals surface area contributed by atoms with Crippen LogP contribution in [0.15, 0.2) is 24.3 Å². The van der Waals surface area contributed by atoms with Crippen molar-refractivity contribution in [3.8, 4) is 5.75 Å². The van der Waals surface area contributed by atoms with Gasteiger partial charge in [0, 0.05) is 0 Å². The summed E-state index contributed by atoms with van der Waals surface area (Å²) in [7, 11) is 1.28. The van der Waals surface area contributed by atoms with E-state index in [2.05, 4.69) is 10.1 Å². The van der Waals surface area contributed by atoms with E-state index in [1.165, 1.54) is 7.11 Å². The SMILES string of the molecule is CCOc1ccccc1C(=O)NC(C)C(=O)OC. The third kappa shape index (κ3) is 3.48. The first-order valence-electron chi connectivity index (χ1n) is 5.70. The molecule has 0 aromatic heterocycles. The van der Waals surface area contributed by atoms with E-state index in [-0.39, 0.29) is 5.91 Å². The Kier molecular flexibility index (Phi) is 5.17. The molecule has 1 aromatic carbocycles. The molecule has 1 aromatic rings. The third-order valence-corrected chi connectivity index (χ3v) is 2.33. The average Bonchev–Trinajstić information content (AvgIpc) is 2.38. The maximum atomic E-state index is 12.0. The molecule has 0 bridgehead atoms. The van der Waals surface area contributed by atoms with Crippen LogP contribution < -0.4 is 10.1 Å². The molecule has 1 atom stereocenters. The fourth-order valence-corrected chi connectivity index (χ4v) is 1.45. The van der Waals surface area contributed by atoms with Crippen LogP contribution in [0.3, 0.4) is 0 Å². The van der Waals surface area contributed by atoms with E-state index >= 15 is 0 Å². The molecule has 0 fully saturated rings. The van der Waals surface area contributed by atoms with E-state index in [0.717, 1.165) is 0 Å². The fraction of sp³-hybridized carbons (Fsp3) is 0.385. The number of nitrogens with one attached hydrogen (secondary N) is 1. The van der Waals surface area contributed by atoms with Crippen LogP contribution in [0.4, 0.5) is 0 Å². The molecule has 0 spiro atoms. The summed E-state index contributed by atoms with van der Waals surface area (Å²) in [5.74, 6) is -0.358. The van der Waals surface area contributed by atoms with Crippen molar-refractivity contribution in [1.82, 2.24) is 5.32 Å². The molecule has 5 heteroatoms. The van der Waals surface area contributed by atoms with Gasteiger partial charge < -0.3 is 14.8 Å². The van der Waals surface area contributed by atoms with Gasteiger partial charge in [-0.1, -0.05) is 12.1 Å². The van der Waals surface area contributed by atoms with Crippen molar-refractivity contribution in [2.24, 2.45) is 0 Å².